The first kappa shape index (κ1) is 18.6. The second kappa shape index (κ2) is 7.21. The van der Waals surface area contributed by atoms with Crippen LogP contribution in [0.1, 0.15) is 19.4 Å². The first-order valence-corrected chi connectivity index (χ1v) is 8.88. The predicted molar refractivity (Wildman–Crippen MR) is 99.9 cm³/mol. The molecule has 8 heteroatoms. The molecular weight excluding hydrogens is 377 g/mol. The van der Waals surface area contributed by atoms with Crippen LogP contribution in [-0.4, -0.2) is 47.1 Å². The van der Waals surface area contributed by atoms with Gasteiger partial charge < -0.3 is 4.74 Å². The molecule has 0 saturated heterocycles. The number of hydrogen-bond acceptors (Lipinski definition) is 4. The molecule has 2 heterocycles. The number of urea groups is 1. The Morgan fingerprint density at radius 1 is 1.27 bits per heavy atom. The van der Waals surface area contributed by atoms with Gasteiger partial charge in [-0.25, -0.2) is 4.79 Å². The van der Waals surface area contributed by atoms with Crippen molar-refractivity contribution in [1.82, 2.24) is 4.90 Å². The minimum Gasteiger partial charge on any atom is -0.496 e. The van der Waals surface area contributed by atoms with E-state index < -0.39 is 11.9 Å². The van der Waals surface area contributed by atoms with E-state index in [0.717, 1.165) is 5.57 Å². The zero-order valence-electron chi connectivity index (χ0n) is 14.6. The lowest BCUT2D eigenvalue weighted by Gasteiger charge is -2.29. The van der Waals surface area contributed by atoms with Gasteiger partial charge >= 0.3 is 11.9 Å². The van der Waals surface area contributed by atoms with Crippen molar-refractivity contribution in [2.24, 2.45) is 10.9 Å². The summed E-state index contributed by atoms with van der Waals surface area (Å²) in [5.74, 6) is -0.195. The average Bonchev–Trinajstić information content (AvgIpc) is 2.61. The Morgan fingerprint density at radius 2 is 2.00 bits per heavy atom. The van der Waals surface area contributed by atoms with Gasteiger partial charge in [0, 0.05) is 5.57 Å². The van der Waals surface area contributed by atoms with Crippen LogP contribution < -0.4 is 0 Å². The number of ether oxygens (including phenoxy) is 1. The van der Waals surface area contributed by atoms with Crippen molar-refractivity contribution in [2.75, 3.05) is 13.7 Å². The molecule has 0 aliphatic carbocycles. The van der Waals surface area contributed by atoms with E-state index in [9.17, 15) is 9.59 Å². The summed E-state index contributed by atoms with van der Waals surface area (Å²) in [4.78, 5) is 31.3. The van der Waals surface area contributed by atoms with Gasteiger partial charge in [-0.05, 0) is 31.5 Å². The van der Waals surface area contributed by atoms with Gasteiger partial charge in [-0.2, -0.15) is 9.48 Å². The molecular formula is C18H18Cl2N3O3+. The molecule has 1 unspecified atom stereocenters. The Bertz CT molecular complexity index is 890. The molecule has 2 aliphatic heterocycles. The van der Waals surface area contributed by atoms with Crippen LogP contribution in [-0.2, 0) is 16.1 Å². The van der Waals surface area contributed by atoms with Crippen molar-refractivity contribution < 1.29 is 18.9 Å². The summed E-state index contributed by atoms with van der Waals surface area (Å²) < 4.78 is 7.08. The summed E-state index contributed by atoms with van der Waals surface area (Å²) in [7, 11) is 1.60. The maximum Gasteiger partial charge on any atom is 0.445 e. The number of allylic oxidation sites excluding steroid dienone is 1. The fraction of sp³-hybridized carbons (Fsp3) is 0.333. The number of hydrogen-bond donors (Lipinski definition) is 0. The molecule has 1 aromatic rings. The zero-order chi connectivity index (χ0) is 19.0. The van der Waals surface area contributed by atoms with E-state index in [0.29, 0.717) is 33.8 Å². The molecule has 26 heavy (non-hydrogen) atoms. The Morgan fingerprint density at radius 3 is 2.65 bits per heavy atom. The molecule has 0 aromatic heterocycles. The number of fused-ring (bicyclic) bond motifs is 1. The highest BCUT2D eigenvalue weighted by molar-refractivity contribution is 6.42. The Balaban J connectivity index is 2.00. The molecule has 1 atom stereocenters. The molecule has 3 rings (SSSR count). The maximum absolute atomic E-state index is 13.1. The van der Waals surface area contributed by atoms with Gasteiger partial charge in [0.05, 0.1) is 23.7 Å². The second-order valence-corrected chi connectivity index (χ2v) is 6.86. The van der Waals surface area contributed by atoms with Crippen LogP contribution >= 0.6 is 23.2 Å². The number of aliphatic imine (C=N–C) groups is 1. The van der Waals surface area contributed by atoms with E-state index in [1.165, 1.54) is 9.48 Å². The number of carbonyl (C=O) groups excluding carboxylic acids is 2. The number of nitrogens with zero attached hydrogens (tertiary/aromatic N) is 3. The molecule has 2 aliphatic rings. The van der Waals surface area contributed by atoms with Crippen molar-refractivity contribution in [3.8, 4) is 0 Å². The maximum atomic E-state index is 13.1. The second-order valence-electron chi connectivity index (χ2n) is 6.04. The number of halogens is 2. The highest BCUT2D eigenvalue weighted by atomic mass is 35.5. The molecule has 136 valence electrons. The van der Waals surface area contributed by atoms with Gasteiger partial charge in [-0.1, -0.05) is 29.3 Å². The predicted octanol–water partition coefficient (Wildman–Crippen LogP) is 3.51. The summed E-state index contributed by atoms with van der Waals surface area (Å²) in [5.41, 5.74) is 1.47. The van der Waals surface area contributed by atoms with Crippen molar-refractivity contribution in [3.63, 3.8) is 0 Å². The van der Waals surface area contributed by atoms with Gasteiger partial charge in [-0.3, -0.25) is 4.79 Å². The van der Waals surface area contributed by atoms with Gasteiger partial charge in [0.2, 0.25) is 0 Å². The Labute approximate surface area is 161 Å². The number of dihydropyridines is 1. The largest absolute Gasteiger partial charge is 0.496 e. The van der Waals surface area contributed by atoms with Gasteiger partial charge in [0.15, 0.2) is 5.92 Å². The van der Waals surface area contributed by atoms with E-state index in [2.05, 4.69) is 4.99 Å². The first-order valence-electron chi connectivity index (χ1n) is 8.12. The van der Waals surface area contributed by atoms with Crippen LogP contribution in [0.15, 0.2) is 34.5 Å². The minimum absolute atomic E-state index is 0.0881. The van der Waals surface area contributed by atoms with E-state index in [1.807, 2.05) is 13.8 Å². The van der Waals surface area contributed by atoms with Crippen molar-refractivity contribution in [3.05, 3.63) is 45.1 Å². The van der Waals surface area contributed by atoms with Crippen LogP contribution in [0.25, 0.3) is 0 Å². The number of amidine groups is 1. The van der Waals surface area contributed by atoms with Crippen LogP contribution in [0.2, 0.25) is 10.0 Å². The van der Waals surface area contributed by atoms with Crippen LogP contribution in [0, 0.1) is 5.92 Å². The highest BCUT2D eigenvalue weighted by Crippen LogP contribution is 2.29. The topological polar surface area (TPSA) is 62.0 Å². The molecule has 0 spiro atoms. The van der Waals surface area contributed by atoms with Crippen LogP contribution in [0.4, 0.5) is 4.79 Å². The number of rotatable bonds is 4. The normalized spacial score (nSPS) is 20.0. The molecule has 0 radical (unpaired) electrons. The zero-order valence-corrected chi connectivity index (χ0v) is 16.1. The van der Waals surface area contributed by atoms with E-state index in [4.69, 9.17) is 27.9 Å². The van der Waals surface area contributed by atoms with Gasteiger partial charge in [0.25, 0.3) is 5.84 Å². The summed E-state index contributed by atoms with van der Waals surface area (Å²) >= 11 is 12.0. The van der Waals surface area contributed by atoms with Crippen LogP contribution in [0.3, 0.4) is 0 Å². The summed E-state index contributed by atoms with van der Waals surface area (Å²) in [5, 5.41) is 0.785. The molecule has 0 saturated carbocycles. The molecule has 0 bridgehead atoms. The Hall–Kier alpha value is -2.18. The third kappa shape index (κ3) is 3.15. The van der Waals surface area contributed by atoms with E-state index in [1.54, 1.807) is 31.5 Å². The third-order valence-corrected chi connectivity index (χ3v) is 5.04. The average molecular weight is 395 g/mol. The third-order valence-electron chi connectivity index (χ3n) is 4.30. The first-order chi connectivity index (χ1) is 12.3. The fourth-order valence-corrected chi connectivity index (χ4v) is 3.32. The number of imide groups is 1. The SMILES string of the molecule is CCOC1=C(C)C=NC2=[N+](C)C(=O)N(Cc3ccc(Cl)c(Cl)c3)C(=O)C12. The molecule has 1 aromatic carbocycles. The highest BCUT2D eigenvalue weighted by Gasteiger charge is 2.50. The lowest BCUT2D eigenvalue weighted by Crippen LogP contribution is -2.54. The standard InChI is InChI=1S/C18H18Cl2N3O3/c1-4-26-15-10(2)8-21-16-14(15)17(24)23(18(25)22(16)3)9-11-5-6-12(19)13(20)7-11/h5-8,14H,4,9H2,1-3H3/q+1. The quantitative estimate of drug-likeness (QED) is 0.734. The number of carbonyl (C=O) groups is 2. The van der Waals surface area contributed by atoms with E-state index in [-0.39, 0.29) is 12.5 Å². The molecule has 3 amide bonds. The summed E-state index contributed by atoms with van der Waals surface area (Å²) in [6.07, 6.45) is 1.61. The molecule has 0 N–H and O–H groups in total. The number of benzene rings is 1. The molecule has 0 fully saturated rings. The van der Waals surface area contributed by atoms with E-state index >= 15 is 0 Å². The van der Waals surface area contributed by atoms with Crippen molar-refractivity contribution >= 4 is 47.2 Å². The smallest absolute Gasteiger partial charge is 0.445 e. The summed E-state index contributed by atoms with van der Waals surface area (Å²) in [6.45, 7) is 4.19. The van der Waals surface area contributed by atoms with Crippen molar-refractivity contribution in [1.29, 1.82) is 0 Å². The minimum atomic E-state index is -0.731. The fourth-order valence-electron chi connectivity index (χ4n) is 3.00. The van der Waals surface area contributed by atoms with Crippen LogP contribution in [0.5, 0.6) is 0 Å². The van der Waals surface area contributed by atoms with Crippen molar-refractivity contribution in [2.45, 2.75) is 20.4 Å². The molecule has 6 nitrogen and oxygen atoms in total. The monoisotopic (exact) mass is 394 g/mol. The Kier molecular flexibility index (Phi) is 5.16. The number of amides is 3. The lowest BCUT2D eigenvalue weighted by atomic mass is 9.96. The van der Waals surface area contributed by atoms with Gasteiger partial charge in [0.1, 0.15) is 18.5 Å². The van der Waals surface area contributed by atoms with Gasteiger partial charge in [-0.15, -0.1) is 4.99 Å². The lowest BCUT2D eigenvalue weighted by molar-refractivity contribution is -0.409. The summed E-state index contributed by atoms with van der Waals surface area (Å²) in [6, 6.07) is 4.57.